The molecule has 0 spiro atoms. The molecule has 1 aliphatic rings. The molecule has 12 aromatic rings. The molecule has 13 rings (SSSR count). The summed E-state index contributed by atoms with van der Waals surface area (Å²) in [6, 6.07) is 71.1. The summed E-state index contributed by atoms with van der Waals surface area (Å²) in [6.45, 7) is 4.75. The van der Waals surface area contributed by atoms with Crippen LogP contribution in [0.3, 0.4) is 0 Å². The fraction of sp³-hybridized carbons (Fsp3) is 0.0526. The highest BCUT2D eigenvalue weighted by atomic mass is 16.3. The van der Waals surface area contributed by atoms with E-state index >= 15 is 0 Å². The van der Waals surface area contributed by atoms with E-state index in [1.165, 1.54) is 105 Å². The topological polar surface area (TPSA) is 23.0 Å². The molecule has 3 heterocycles. The van der Waals surface area contributed by atoms with Gasteiger partial charge in [-0.25, -0.2) is 0 Å². The lowest BCUT2D eigenvalue weighted by molar-refractivity contribution is 0.656. The summed E-state index contributed by atoms with van der Waals surface area (Å²) >= 11 is 0. The molecule has 0 aliphatic heterocycles. The molecule has 0 amide bonds. The van der Waals surface area contributed by atoms with Crippen LogP contribution >= 0.6 is 0 Å². The van der Waals surface area contributed by atoms with Gasteiger partial charge in [0.25, 0.3) is 0 Å². The average molecular weight is 767 g/mol. The number of benzene rings is 9. The van der Waals surface area contributed by atoms with E-state index in [0.29, 0.717) is 0 Å². The summed E-state index contributed by atoms with van der Waals surface area (Å²) in [5, 5.41) is 7.41. The van der Waals surface area contributed by atoms with Crippen molar-refractivity contribution in [1.29, 1.82) is 0 Å². The molecule has 3 nitrogen and oxygen atoms in total. The van der Waals surface area contributed by atoms with Gasteiger partial charge in [-0.3, -0.25) is 0 Å². The Morgan fingerprint density at radius 2 is 0.933 bits per heavy atom. The Morgan fingerprint density at radius 1 is 0.367 bits per heavy atom. The number of rotatable bonds is 4. The van der Waals surface area contributed by atoms with Crippen LogP contribution in [0, 0.1) is 0 Å². The Balaban J connectivity index is 0.957. The average Bonchev–Trinajstić information content (AvgIpc) is 4.01. The molecule has 0 saturated carbocycles. The predicted molar refractivity (Wildman–Crippen MR) is 251 cm³/mol. The van der Waals surface area contributed by atoms with Crippen LogP contribution in [0.2, 0.25) is 0 Å². The molecule has 0 atom stereocenters. The van der Waals surface area contributed by atoms with Crippen molar-refractivity contribution in [2.24, 2.45) is 0 Å². The first-order valence-electron chi connectivity index (χ1n) is 20.8. The number of nitrogens with zero attached hydrogens (tertiary/aromatic N) is 2. The van der Waals surface area contributed by atoms with Crippen LogP contribution in [0.15, 0.2) is 199 Å². The largest absolute Gasteiger partial charge is 0.456 e. The standard InChI is InChI=1S/C57H38N2O/c1-57(2)48-34-40(26-28-41(48)45-29-31-54-55(56(45)57)46-16-8-11-19-53(46)60-54)59-49-17-9-6-14-42(49)44-27-22-38(33-52(44)59)37-23-30-51-47(32-37)43-15-7-10-18-50(43)58(51)39-24-20-36(21-25-39)35-12-4-3-5-13-35/h3-34H,1-2H3. The van der Waals surface area contributed by atoms with Gasteiger partial charge in [-0.1, -0.05) is 141 Å². The number of furan rings is 1. The highest BCUT2D eigenvalue weighted by Gasteiger charge is 2.38. The van der Waals surface area contributed by atoms with Gasteiger partial charge in [0.1, 0.15) is 11.2 Å². The van der Waals surface area contributed by atoms with Gasteiger partial charge < -0.3 is 13.6 Å². The third-order valence-electron chi connectivity index (χ3n) is 13.3. The van der Waals surface area contributed by atoms with E-state index in [1.54, 1.807) is 0 Å². The number of para-hydroxylation sites is 3. The monoisotopic (exact) mass is 766 g/mol. The summed E-state index contributed by atoms with van der Waals surface area (Å²) in [5.41, 5.74) is 18.9. The van der Waals surface area contributed by atoms with Crippen LogP contribution in [0.25, 0.3) is 110 Å². The SMILES string of the molecule is CC1(C)c2cc(-n3c4ccccc4c4ccc(-c5ccc6c(c5)c5ccccc5n6-c5ccc(-c6ccccc6)cc5)cc43)ccc2-c2ccc3oc4ccccc4c3c21. The normalized spacial score (nSPS) is 13.3. The quantitative estimate of drug-likeness (QED) is 0.175. The number of hydrogen-bond donors (Lipinski definition) is 0. The highest BCUT2D eigenvalue weighted by molar-refractivity contribution is 6.13. The van der Waals surface area contributed by atoms with Crippen molar-refractivity contribution >= 4 is 65.6 Å². The van der Waals surface area contributed by atoms with Crippen LogP contribution in [0.1, 0.15) is 25.0 Å². The lowest BCUT2D eigenvalue weighted by Gasteiger charge is -2.23. The Morgan fingerprint density at radius 3 is 1.73 bits per heavy atom. The third-order valence-corrected chi connectivity index (χ3v) is 13.3. The molecule has 3 heteroatoms. The summed E-state index contributed by atoms with van der Waals surface area (Å²) in [5.74, 6) is 0. The molecule has 0 fully saturated rings. The van der Waals surface area contributed by atoms with Crippen LogP contribution in [0.5, 0.6) is 0 Å². The molecule has 0 N–H and O–H groups in total. The Labute approximate surface area is 347 Å². The van der Waals surface area contributed by atoms with Gasteiger partial charge in [-0.05, 0) is 111 Å². The molecule has 3 aromatic heterocycles. The van der Waals surface area contributed by atoms with E-state index in [0.717, 1.165) is 16.9 Å². The summed E-state index contributed by atoms with van der Waals surface area (Å²) < 4.78 is 11.2. The zero-order valence-electron chi connectivity index (χ0n) is 33.3. The molecule has 60 heavy (non-hydrogen) atoms. The number of aromatic nitrogens is 2. The van der Waals surface area contributed by atoms with Crippen LogP contribution < -0.4 is 0 Å². The van der Waals surface area contributed by atoms with E-state index in [4.69, 9.17) is 4.42 Å². The summed E-state index contributed by atoms with van der Waals surface area (Å²) in [6.07, 6.45) is 0. The van der Waals surface area contributed by atoms with Crippen LogP contribution in [0.4, 0.5) is 0 Å². The van der Waals surface area contributed by atoms with Gasteiger partial charge in [-0.2, -0.15) is 0 Å². The smallest absolute Gasteiger partial charge is 0.135 e. The second-order valence-corrected chi connectivity index (χ2v) is 16.9. The summed E-state index contributed by atoms with van der Waals surface area (Å²) in [7, 11) is 0. The van der Waals surface area contributed by atoms with E-state index in [-0.39, 0.29) is 5.41 Å². The highest BCUT2D eigenvalue weighted by Crippen LogP contribution is 2.53. The van der Waals surface area contributed by atoms with Gasteiger partial charge in [0.2, 0.25) is 0 Å². The minimum absolute atomic E-state index is 0.227. The predicted octanol–water partition coefficient (Wildman–Crippen LogP) is 15.4. The zero-order chi connectivity index (χ0) is 39.7. The third kappa shape index (κ3) is 4.60. The van der Waals surface area contributed by atoms with E-state index in [2.05, 4.69) is 217 Å². The molecule has 9 aromatic carbocycles. The van der Waals surface area contributed by atoms with Gasteiger partial charge in [0, 0.05) is 49.1 Å². The molecular formula is C57H38N2O. The van der Waals surface area contributed by atoms with E-state index < -0.39 is 0 Å². The van der Waals surface area contributed by atoms with Gasteiger partial charge in [-0.15, -0.1) is 0 Å². The first-order valence-corrected chi connectivity index (χ1v) is 20.8. The van der Waals surface area contributed by atoms with Crippen molar-refractivity contribution in [3.63, 3.8) is 0 Å². The Kier molecular flexibility index (Phi) is 6.78. The van der Waals surface area contributed by atoms with Gasteiger partial charge in [0.15, 0.2) is 0 Å². The maximum atomic E-state index is 6.38. The summed E-state index contributed by atoms with van der Waals surface area (Å²) in [4.78, 5) is 0. The van der Waals surface area contributed by atoms with Crippen molar-refractivity contribution in [1.82, 2.24) is 9.13 Å². The second kappa shape index (κ2) is 12.2. The number of hydrogen-bond acceptors (Lipinski definition) is 1. The first kappa shape index (κ1) is 33.4. The maximum Gasteiger partial charge on any atom is 0.135 e. The van der Waals surface area contributed by atoms with E-state index in [1.807, 2.05) is 0 Å². The van der Waals surface area contributed by atoms with Crippen molar-refractivity contribution in [2.75, 3.05) is 0 Å². The Hall–Kier alpha value is -7.62. The van der Waals surface area contributed by atoms with Crippen molar-refractivity contribution in [2.45, 2.75) is 19.3 Å². The van der Waals surface area contributed by atoms with Crippen molar-refractivity contribution in [3.8, 4) is 44.8 Å². The zero-order valence-corrected chi connectivity index (χ0v) is 33.3. The van der Waals surface area contributed by atoms with Crippen molar-refractivity contribution < 1.29 is 4.42 Å². The molecule has 0 saturated heterocycles. The minimum atomic E-state index is -0.227. The molecule has 0 radical (unpaired) electrons. The molecular weight excluding hydrogens is 729 g/mol. The van der Waals surface area contributed by atoms with Crippen LogP contribution in [-0.4, -0.2) is 9.13 Å². The van der Waals surface area contributed by atoms with Crippen LogP contribution in [-0.2, 0) is 5.41 Å². The fourth-order valence-electron chi connectivity index (χ4n) is 10.5. The minimum Gasteiger partial charge on any atom is -0.456 e. The first-order chi connectivity index (χ1) is 29.5. The van der Waals surface area contributed by atoms with Gasteiger partial charge >= 0.3 is 0 Å². The van der Waals surface area contributed by atoms with Crippen molar-refractivity contribution in [3.05, 3.63) is 205 Å². The van der Waals surface area contributed by atoms with Gasteiger partial charge in [0.05, 0.1) is 22.1 Å². The number of fused-ring (bicyclic) bond motifs is 13. The maximum absolute atomic E-state index is 6.38. The molecule has 1 aliphatic carbocycles. The lowest BCUT2D eigenvalue weighted by atomic mass is 9.80. The molecule has 0 unspecified atom stereocenters. The fourth-order valence-corrected chi connectivity index (χ4v) is 10.5. The molecule has 0 bridgehead atoms. The van der Waals surface area contributed by atoms with E-state index in [9.17, 15) is 0 Å². The second-order valence-electron chi connectivity index (χ2n) is 16.9. The molecule has 282 valence electrons. The Bertz CT molecular complexity index is 3730. The lowest BCUT2D eigenvalue weighted by Crippen LogP contribution is -2.15.